The lowest BCUT2D eigenvalue weighted by Gasteiger charge is -2.26. The van der Waals surface area contributed by atoms with E-state index in [1.807, 2.05) is 13.8 Å². The molecule has 1 heterocycles. The molecule has 1 atom stereocenters. The van der Waals surface area contributed by atoms with E-state index in [1.54, 1.807) is 0 Å². The van der Waals surface area contributed by atoms with Gasteiger partial charge in [0.05, 0.1) is 0 Å². The number of hydrogen-bond donors (Lipinski definition) is 1. The Balaban J connectivity index is 2.02. The van der Waals surface area contributed by atoms with Crippen LogP contribution in [0.15, 0.2) is 0 Å². The first-order valence-electron chi connectivity index (χ1n) is 8.20. The van der Waals surface area contributed by atoms with Gasteiger partial charge < -0.3 is 10.1 Å². The van der Waals surface area contributed by atoms with Crippen molar-refractivity contribution in [3.05, 3.63) is 15.1 Å². The SMILES string of the molecule is CC(C)CC(OC(=O)c1nsc(Cl)c1Cl)C(=O)NC1CCCCC1. The minimum atomic E-state index is -0.851. The third kappa shape index (κ3) is 5.33. The van der Waals surface area contributed by atoms with Crippen LogP contribution in [0.4, 0.5) is 0 Å². The van der Waals surface area contributed by atoms with Crippen LogP contribution >= 0.6 is 34.7 Å². The van der Waals surface area contributed by atoms with Crippen LogP contribution in [-0.4, -0.2) is 28.4 Å². The molecule has 0 aliphatic heterocycles. The Hall–Kier alpha value is -0.850. The third-order valence-corrected chi connectivity index (χ3v) is 5.58. The summed E-state index contributed by atoms with van der Waals surface area (Å²) in [5.41, 5.74) is -0.0362. The molecule has 1 amide bonds. The van der Waals surface area contributed by atoms with Crippen LogP contribution in [0.2, 0.25) is 9.36 Å². The average molecular weight is 393 g/mol. The predicted octanol–water partition coefficient (Wildman–Crippen LogP) is 4.47. The van der Waals surface area contributed by atoms with Crippen LogP contribution < -0.4 is 5.32 Å². The molecule has 1 aliphatic rings. The molecule has 1 aliphatic carbocycles. The summed E-state index contributed by atoms with van der Waals surface area (Å²) in [6.07, 6.45) is 4.98. The number of nitrogens with zero attached hydrogens (tertiary/aromatic N) is 1. The van der Waals surface area contributed by atoms with Crippen LogP contribution in [-0.2, 0) is 9.53 Å². The maximum Gasteiger partial charge on any atom is 0.360 e. The molecular weight excluding hydrogens is 371 g/mol. The van der Waals surface area contributed by atoms with Gasteiger partial charge in [-0.1, -0.05) is 56.3 Å². The lowest BCUT2D eigenvalue weighted by atomic mass is 9.95. The quantitative estimate of drug-likeness (QED) is 0.724. The summed E-state index contributed by atoms with van der Waals surface area (Å²) in [6.45, 7) is 3.95. The zero-order valence-corrected chi connectivity index (χ0v) is 16.1. The molecule has 1 N–H and O–H groups in total. The zero-order chi connectivity index (χ0) is 17.7. The van der Waals surface area contributed by atoms with Gasteiger partial charge in [0.25, 0.3) is 5.91 Å². The molecule has 1 saturated carbocycles. The van der Waals surface area contributed by atoms with Crippen LogP contribution in [0.3, 0.4) is 0 Å². The van der Waals surface area contributed by atoms with Crippen LogP contribution in [0.1, 0.15) is 62.9 Å². The molecule has 1 aromatic rings. The van der Waals surface area contributed by atoms with Crippen molar-refractivity contribution in [3.8, 4) is 0 Å². The highest BCUT2D eigenvalue weighted by Crippen LogP contribution is 2.30. The minimum absolute atomic E-state index is 0.0362. The molecule has 0 bridgehead atoms. The second-order valence-electron chi connectivity index (χ2n) is 6.49. The summed E-state index contributed by atoms with van der Waals surface area (Å²) >= 11 is 12.7. The summed E-state index contributed by atoms with van der Waals surface area (Å²) in [5, 5.41) is 3.08. The Labute approximate surface area is 156 Å². The van der Waals surface area contributed by atoms with Gasteiger partial charge in [-0.15, -0.1) is 0 Å². The van der Waals surface area contributed by atoms with Crippen molar-refractivity contribution in [1.29, 1.82) is 0 Å². The Morgan fingerprint density at radius 3 is 2.50 bits per heavy atom. The molecule has 24 heavy (non-hydrogen) atoms. The fourth-order valence-electron chi connectivity index (χ4n) is 2.75. The molecule has 5 nitrogen and oxygen atoms in total. The Bertz CT molecular complexity index is 586. The van der Waals surface area contributed by atoms with E-state index in [4.69, 9.17) is 27.9 Å². The number of carbonyl (C=O) groups excluding carboxylic acids is 2. The summed E-state index contributed by atoms with van der Waals surface area (Å²) in [6, 6.07) is 0.164. The van der Waals surface area contributed by atoms with E-state index in [2.05, 4.69) is 9.69 Å². The number of aromatic nitrogens is 1. The summed E-state index contributed by atoms with van der Waals surface area (Å²) < 4.78 is 9.52. The van der Waals surface area contributed by atoms with Gasteiger partial charge in [0, 0.05) is 6.04 Å². The smallest absolute Gasteiger partial charge is 0.360 e. The third-order valence-electron chi connectivity index (χ3n) is 3.97. The topological polar surface area (TPSA) is 68.3 Å². The number of rotatable bonds is 6. The monoisotopic (exact) mass is 392 g/mol. The molecular formula is C16H22Cl2N2O3S. The van der Waals surface area contributed by atoms with Gasteiger partial charge in [-0.05, 0) is 36.7 Å². The number of amides is 1. The molecule has 2 rings (SSSR count). The summed E-state index contributed by atoms with van der Waals surface area (Å²) in [4.78, 5) is 24.8. The van der Waals surface area contributed by atoms with Crippen molar-refractivity contribution >= 4 is 46.6 Å². The fraction of sp³-hybridized carbons (Fsp3) is 0.688. The fourth-order valence-corrected chi connectivity index (χ4v) is 3.73. The maximum atomic E-state index is 12.5. The van der Waals surface area contributed by atoms with Crippen molar-refractivity contribution in [2.45, 2.75) is 64.5 Å². The van der Waals surface area contributed by atoms with E-state index in [0.29, 0.717) is 6.42 Å². The first-order valence-corrected chi connectivity index (χ1v) is 9.73. The lowest BCUT2D eigenvalue weighted by Crippen LogP contribution is -2.44. The van der Waals surface area contributed by atoms with Gasteiger partial charge in [0.15, 0.2) is 11.8 Å². The van der Waals surface area contributed by atoms with Gasteiger partial charge in [-0.25, -0.2) is 4.79 Å². The number of ether oxygens (including phenoxy) is 1. The highest BCUT2D eigenvalue weighted by molar-refractivity contribution is 7.11. The lowest BCUT2D eigenvalue weighted by molar-refractivity contribution is -0.131. The normalized spacial score (nSPS) is 16.9. The van der Waals surface area contributed by atoms with Gasteiger partial charge >= 0.3 is 5.97 Å². The molecule has 1 fully saturated rings. The number of halogens is 2. The molecule has 134 valence electrons. The van der Waals surface area contributed by atoms with Crippen molar-refractivity contribution in [1.82, 2.24) is 9.69 Å². The summed E-state index contributed by atoms with van der Waals surface area (Å²) in [7, 11) is 0. The van der Waals surface area contributed by atoms with Crippen molar-refractivity contribution in [2.24, 2.45) is 5.92 Å². The second kappa shape index (κ2) is 9.02. The number of hydrogen-bond acceptors (Lipinski definition) is 5. The van der Waals surface area contributed by atoms with Gasteiger partial charge in [-0.2, -0.15) is 4.37 Å². The van der Waals surface area contributed by atoms with E-state index >= 15 is 0 Å². The molecule has 0 aromatic carbocycles. The van der Waals surface area contributed by atoms with Crippen molar-refractivity contribution < 1.29 is 14.3 Å². The number of carbonyl (C=O) groups is 2. The van der Waals surface area contributed by atoms with E-state index in [1.165, 1.54) is 6.42 Å². The molecule has 0 saturated heterocycles. The van der Waals surface area contributed by atoms with E-state index in [9.17, 15) is 9.59 Å². The van der Waals surface area contributed by atoms with E-state index < -0.39 is 12.1 Å². The van der Waals surface area contributed by atoms with Crippen LogP contribution in [0.5, 0.6) is 0 Å². The van der Waals surface area contributed by atoms with Gasteiger partial charge in [-0.3, -0.25) is 4.79 Å². The highest BCUT2D eigenvalue weighted by atomic mass is 35.5. The predicted molar refractivity (Wildman–Crippen MR) is 95.8 cm³/mol. The number of esters is 1. The second-order valence-corrected chi connectivity index (χ2v) is 8.24. The van der Waals surface area contributed by atoms with Crippen LogP contribution in [0.25, 0.3) is 0 Å². The standard InChI is InChI=1S/C16H22Cl2N2O3S/c1-9(2)8-11(15(21)19-10-6-4-3-5-7-10)23-16(22)13-12(17)14(18)24-20-13/h9-11H,3-8H2,1-2H3,(H,19,21). The highest BCUT2D eigenvalue weighted by Gasteiger charge is 2.29. The molecule has 0 radical (unpaired) electrons. The number of nitrogens with one attached hydrogen (secondary N) is 1. The van der Waals surface area contributed by atoms with Crippen LogP contribution in [0, 0.1) is 5.92 Å². The first kappa shape index (κ1) is 19.5. The zero-order valence-electron chi connectivity index (χ0n) is 13.8. The molecule has 1 unspecified atom stereocenters. The Kier molecular flexibility index (Phi) is 7.32. The molecule has 8 heteroatoms. The average Bonchev–Trinajstić information content (AvgIpc) is 2.87. The molecule has 0 spiro atoms. The maximum absolute atomic E-state index is 12.5. The largest absolute Gasteiger partial charge is 0.447 e. The Morgan fingerprint density at radius 1 is 1.29 bits per heavy atom. The minimum Gasteiger partial charge on any atom is -0.447 e. The first-order chi connectivity index (χ1) is 11.4. The Morgan fingerprint density at radius 2 is 1.96 bits per heavy atom. The summed E-state index contributed by atoms with van der Waals surface area (Å²) in [5.74, 6) is -0.761. The van der Waals surface area contributed by atoms with E-state index in [0.717, 1.165) is 37.2 Å². The van der Waals surface area contributed by atoms with Gasteiger partial charge in [0.2, 0.25) is 0 Å². The van der Waals surface area contributed by atoms with Crippen molar-refractivity contribution in [2.75, 3.05) is 0 Å². The molecule has 1 aromatic heterocycles. The van der Waals surface area contributed by atoms with Gasteiger partial charge in [0.1, 0.15) is 9.36 Å². The van der Waals surface area contributed by atoms with Crippen molar-refractivity contribution in [3.63, 3.8) is 0 Å². The van der Waals surface area contributed by atoms with E-state index in [-0.39, 0.29) is 32.9 Å².